The fourth-order valence-corrected chi connectivity index (χ4v) is 6.76. The Kier molecular flexibility index (Phi) is 9.19. The van der Waals surface area contributed by atoms with Crippen molar-refractivity contribution in [3.05, 3.63) is 96.1 Å². The Morgan fingerprint density at radius 3 is 2.30 bits per heavy atom. The molecule has 1 unspecified atom stereocenters. The minimum absolute atomic E-state index is 0.387. The number of nitrogens with zero attached hydrogens (tertiary/aromatic N) is 4. The van der Waals surface area contributed by atoms with E-state index in [4.69, 9.17) is 9.72 Å². The van der Waals surface area contributed by atoms with Crippen LogP contribution < -0.4 is 10.4 Å². The summed E-state index contributed by atoms with van der Waals surface area (Å²) in [6, 6.07) is 27.4. The Balaban J connectivity index is 1.37. The van der Waals surface area contributed by atoms with Crippen LogP contribution in [0.15, 0.2) is 84.9 Å². The van der Waals surface area contributed by atoms with E-state index in [1.807, 2.05) is 72.8 Å². The number of hydrogen-bond donors (Lipinski definition) is 1. The van der Waals surface area contributed by atoms with Gasteiger partial charge in [0.25, 0.3) is 5.91 Å². The normalized spacial score (nSPS) is 18.2. The maximum atomic E-state index is 14.4. The predicted octanol–water partition coefficient (Wildman–Crippen LogP) is 6.52. The van der Waals surface area contributed by atoms with E-state index in [0.717, 1.165) is 64.6 Å². The molecule has 0 spiro atoms. The number of aromatic nitrogens is 1. The van der Waals surface area contributed by atoms with Crippen LogP contribution in [-0.4, -0.2) is 66.1 Å². The summed E-state index contributed by atoms with van der Waals surface area (Å²) in [6.07, 6.45) is 4.16. The van der Waals surface area contributed by atoms with E-state index in [2.05, 4.69) is 22.1 Å². The monoisotopic (exact) mass is 591 g/mol. The third-order valence-electron chi connectivity index (χ3n) is 9.00. The Bertz CT molecular complexity index is 1590. The van der Waals surface area contributed by atoms with Gasteiger partial charge in [-0.2, -0.15) is 5.01 Å². The highest BCUT2D eigenvalue weighted by Gasteiger charge is 2.30. The first-order valence-corrected chi connectivity index (χ1v) is 15.7. The number of rotatable bonds is 6. The van der Waals surface area contributed by atoms with E-state index in [0.29, 0.717) is 23.8 Å². The fraction of sp³-hybridized carbons (Fsp3) is 0.361. The van der Waals surface area contributed by atoms with Crippen molar-refractivity contribution in [3.63, 3.8) is 0 Å². The van der Waals surface area contributed by atoms with Crippen molar-refractivity contribution in [2.75, 3.05) is 38.3 Å². The highest BCUT2D eigenvalue weighted by atomic mass is 16.5. The van der Waals surface area contributed by atoms with E-state index in [9.17, 15) is 9.59 Å². The van der Waals surface area contributed by atoms with Crippen molar-refractivity contribution in [1.82, 2.24) is 20.2 Å². The minimum Gasteiger partial charge on any atom is -0.451 e. The molecule has 3 aromatic carbocycles. The number of nitrogens with one attached hydrogen (secondary N) is 1. The third-order valence-corrected chi connectivity index (χ3v) is 9.00. The number of carbonyl (C=O) groups excluding carboxylic acids is 2. The Labute approximate surface area is 259 Å². The van der Waals surface area contributed by atoms with Crippen molar-refractivity contribution in [2.45, 2.75) is 45.2 Å². The van der Waals surface area contributed by atoms with Gasteiger partial charge in [-0.05, 0) is 69.4 Å². The van der Waals surface area contributed by atoms with Crippen LogP contribution in [0, 0.1) is 5.92 Å². The molecule has 2 saturated heterocycles. The average molecular weight is 592 g/mol. The van der Waals surface area contributed by atoms with Gasteiger partial charge in [-0.15, -0.1) is 0 Å². The molecule has 0 bridgehead atoms. The number of amides is 2. The molecule has 1 atom stereocenters. The molecular weight excluding hydrogens is 550 g/mol. The Morgan fingerprint density at radius 2 is 1.59 bits per heavy atom. The zero-order chi connectivity index (χ0) is 30.5. The second-order valence-corrected chi connectivity index (χ2v) is 12.0. The minimum atomic E-state index is -0.679. The smallest absolute Gasteiger partial charge is 0.433 e. The maximum Gasteiger partial charge on any atom is 0.433 e. The number of carbonyl (C=O) groups is 2. The molecule has 3 heterocycles. The molecule has 1 N–H and O–H groups in total. The topological polar surface area (TPSA) is 78.0 Å². The standard InChI is InChI=1S/C36H41N5O3/c1-26-12-11-21-40(24-26)28-19-22-39(23-20-28)25-31-33(35(42)38-41(36(43)44-2)29-15-7-4-8-16-29)30-17-9-10-18-32(30)37-34(31)27-13-5-3-6-14-27/h3-10,13-18,26,28H,11-12,19-25H2,1-2H3,(H,38,42). The van der Waals surface area contributed by atoms with Gasteiger partial charge in [-0.1, -0.05) is 73.7 Å². The number of anilines is 1. The van der Waals surface area contributed by atoms with Crippen LogP contribution in [0.3, 0.4) is 0 Å². The zero-order valence-electron chi connectivity index (χ0n) is 25.6. The van der Waals surface area contributed by atoms with Crippen molar-refractivity contribution in [1.29, 1.82) is 0 Å². The first-order valence-electron chi connectivity index (χ1n) is 15.7. The second-order valence-electron chi connectivity index (χ2n) is 12.0. The van der Waals surface area contributed by atoms with E-state index in [1.165, 1.54) is 33.0 Å². The molecule has 0 aliphatic carbocycles. The molecule has 2 aliphatic heterocycles. The average Bonchev–Trinajstić information content (AvgIpc) is 3.07. The van der Waals surface area contributed by atoms with Crippen LogP contribution in [0.2, 0.25) is 0 Å². The van der Waals surface area contributed by atoms with Gasteiger partial charge in [0.2, 0.25) is 0 Å². The van der Waals surface area contributed by atoms with Gasteiger partial charge < -0.3 is 9.64 Å². The van der Waals surface area contributed by atoms with Gasteiger partial charge in [-0.3, -0.25) is 15.1 Å². The van der Waals surface area contributed by atoms with Gasteiger partial charge >= 0.3 is 6.09 Å². The summed E-state index contributed by atoms with van der Waals surface area (Å²) in [5.74, 6) is 0.377. The van der Waals surface area contributed by atoms with Crippen LogP contribution >= 0.6 is 0 Å². The van der Waals surface area contributed by atoms with Gasteiger partial charge in [-0.25, -0.2) is 9.78 Å². The molecule has 44 heavy (non-hydrogen) atoms. The van der Waals surface area contributed by atoms with Crippen molar-refractivity contribution in [2.24, 2.45) is 5.92 Å². The lowest BCUT2D eigenvalue weighted by atomic mass is 9.93. The number of pyridine rings is 1. The Hall–Kier alpha value is -4.27. The van der Waals surface area contributed by atoms with Crippen molar-refractivity contribution in [3.8, 4) is 11.3 Å². The quantitative estimate of drug-likeness (QED) is 0.258. The fourth-order valence-electron chi connectivity index (χ4n) is 6.76. The lowest BCUT2D eigenvalue weighted by Gasteiger charge is -2.42. The van der Waals surface area contributed by atoms with Crippen molar-refractivity contribution >= 4 is 28.6 Å². The summed E-state index contributed by atoms with van der Waals surface area (Å²) in [5, 5.41) is 1.91. The molecule has 228 valence electrons. The molecule has 8 heteroatoms. The largest absolute Gasteiger partial charge is 0.451 e. The van der Waals surface area contributed by atoms with Gasteiger partial charge in [0.1, 0.15) is 0 Å². The van der Waals surface area contributed by atoms with Crippen LogP contribution in [0.4, 0.5) is 10.5 Å². The third kappa shape index (κ3) is 6.47. The lowest BCUT2D eigenvalue weighted by molar-refractivity contribution is 0.0727. The molecule has 0 saturated carbocycles. The van der Waals surface area contributed by atoms with Gasteiger partial charge in [0, 0.05) is 35.6 Å². The summed E-state index contributed by atoms with van der Waals surface area (Å²) in [5.41, 5.74) is 7.21. The van der Waals surface area contributed by atoms with Gasteiger partial charge in [0.05, 0.1) is 29.6 Å². The summed E-state index contributed by atoms with van der Waals surface area (Å²) < 4.78 is 5.05. The first-order chi connectivity index (χ1) is 21.5. The molecule has 2 aliphatic rings. The molecule has 2 amide bonds. The van der Waals surface area contributed by atoms with E-state index in [-0.39, 0.29) is 5.91 Å². The van der Waals surface area contributed by atoms with Crippen molar-refractivity contribution < 1.29 is 14.3 Å². The number of hydrogen-bond acceptors (Lipinski definition) is 6. The summed E-state index contributed by atoms with van der Waals surface area (Å²) in [7, 11) is 1.30. The number of hydrazine groups is 1. The number of fused-ring (bicyclic) bond motifs is 1. The molecule has 8 nitrogen and oxygen atoms in total. The highest BCUT2D eigenvalue weighted by molar-refractivity contribution is 6.10. The van der Waals surface area contributed by atoms with Crippen LogP contribution in [0.25, 0.3) is 22.2 Å². The summed E-state index contributed by atoms with van der Waals surface area (Å²) in [4.78, 5) is 37.5. The lowest BCUT2D eigenvalue weighted by Crippen LogP contribution is -2.48. The summed E-state index contributed by atoms with van der Waals surface area (Å²) in [6.45, 7) is 7.25. The molecule has 4 aromatic rings. The van der Waals surface area contributed by atoms with E-state index < -0.39 is 6.09 Å². The number of likely N-dealkylation sites (tertiary alicyclic amines) is 2. The zero-order valence-corrected chi connectivity index (χ0v) is 25.6. The van der Waals surface area contributed by atoms with Crippen LogP contribution in [0.5, 0.6) is 0 Å². The van der Waals surface area contributed by atoms with E-state index >= 15 is 0 Å². The maximum absolute atomic E-state index is 14.4. The number of para-hydroxylation sites is 2. The second kappa shape index (κ2) is 13.6. The molecule has 0 radical (unpaired) electrons. The number of benzene rings is 3. The number of ether oxygens (including phenoxy) is 1. The molecule has 2 fully saturated rings. The van der Waals surface area contributed by atoms with E-state index in [1.54, 1.807) is 12.1 Å². The SMILES string of the molecule is COC(=O)N(NC(=O)c1c(CN2CCC(N3CCCC(C)C3)CC2)c(-c2ccccc2)nc2ccccc12)c1ccccc1. The molecule has 1 aromatic heterocycles. The Morgan fingerprint density at radius 1 is 0.909 bits per heavy atom. The van der Waals surface area contributed by atoms with Crippen LogP contribution in [0.1, 0.15) is 48.5 Å². The summed E-state index contributed by atoms with van der Waals surface area (Å²) >= 11 is 0. The molecule has 6 rings (SSSR count). The first kappa shape index (κ1) is 29.8. The van der Waals surface area contributed by atoms with Gasteiger partial charge in [0.15, 0.2) is 0 Å². The van der Waals surface area contributed by atoms with Crippen LogP contribution in [-0.2, 0) is 11.3 Å². The number of piperidine rings is 2. The highest BCUT2D eigenvalue weighted by Crippen LogP contribution is 2.33. The predicted molar refractivity (Wildman–Crippen MR) is 174 cm³/mol. The number of methoxy groups -OCH3 is 1. The molecular formula is C36H41N5O3.